The van der Waals surface area contributed by atoms with Gasteiger partial charge in [0.25, 0.3) is 11.8 Å². The maximum absolute atomic E-state index is 15.0. The van der Waals surface area contributed by atoms with E-state index in [4.69, 9.17) is 58.0 Å². The van der Waals surface area contributed by atoms with E-state index in [1.807, 2.05) is 0 Å². The van der Waals surface area contributed by atoms with Gasteiger partial charge in [-0.25, -0.2) is 8.78 Å². The predicted octanol–water partition coefficient (Wildman–Crippen LogP) is 8.32. The molecule has 6 nitrogen and oxygen atoms in total. The smallest absolute Gasteiger partial charge is 0.316 e. The number of hydrogen-bond acceptors (Lipinski definition) is 3. The van der Waals surface area contributed by atoms with E-state index in [-0.39, 0.29) is 31.2 Å². The first-order valence-corrected chi connectivity index (χ1v) is 13.2. The molecule has 0 unspecified atom stereocenters. The number of alkyl halides is 4. The number of carbonyl (C=O) groups is 3. The van der Waals surface area contributed by atoms with Crippen LogP contribution in [-0.2, 0) is 9.59 Å². The Morgan fingerprint density at radius 2 is 1.51 bits per heavy atom. The normalized spacial score (nSPS) is 12.2. The highest BCUT2D eigenvalue weighted by Crippen LogP contribution is 2.40. The third-order valence-corrected chi connectivity index (χ3v) is 6.84. The molecule has 0 bridgehead atoms. The lowest BCUT2D eigenvalue weighted by Gasteiger charge is -2.26. The van der Waals surface area contributed by atoms with Crippen LogP contribution in [0.5, 0.6) is 0 Å². The second-order valence-corrected chi connectivity index (χ2v) is 11.7. The Morgan fingerprint density at radius 3 is 2.07 bits per heavy atom. The number of amides is 3. The Morgan fingerprint density at radius 1 is 0.902 bits per heavy atom. The van der Waals surface area contributed by atoms with Crippen molar-refractivity contribution in [1.29, 1.82) is 0 Å². The molecule has 0 aliphatic heterocycles. The summed E-state index contributed by atoms with van der Waals surface area (Å²) < 4.78 is 53.2. The molecule has 0 aliphatic rings. The number of carbonyl (C=O) groups excluding carboxylic acids is 3. The molecule has 0 saturated heterocycles. The Kier molecular flexibility index (Phi) is 10.4. The highest BCUT2D eigenvalue weighted by molar-refractivity contribution is 6.50. The lowest BCUT2D eigenvalue weighted by Crippen LogP contribution is -2.33. The van der Waals surface area contributed by atoms with Gasteiger partial charge in [-0.2, -0.15) is 8.78 Å². The minimum Gasteiger partial charge on any atom is -0.325 e. The third kappa shape index (κ3) is 7.75. The molecule has 41 heavy (non-hydrogen) atoms. The first-order chi connectivity index (χ1) is 19.0. The van der Waals surface area contributed by atoms with Crippen LogP contribution in [0.3, 0.4) is 0 Å². The van der Waals surface area contributed by atoms with Gasteiger partial charge in [-0.3, -0.25) is 14.4 Å². The number of hydrogen-bond donors (Lipinski definition) is 2. The fourth-order valence-electron chi connectivity index (χ4n) is 3.80. The van der Waals surface area contributed by atoms with Crippen LogP contribution < -0.4 is 15.5 Å². The summed E-state index contributed by atoms with van der Waals surface area (Å²) in [5.74, 6) is -7.56. The molecule has 0 spiro atoms. The SMILES string of the molecule is CN(C(=O)C(F)F)c1c(F)ccc(NC(=O)c2cc(NC(=O)[C@H](c3cc(Cl)cc(Cl)c3)C(C)(Cl)Cl)ccc2Cl)c1F. The summed E-state index contributed by atoms with van der Waals surface area (Å²) in [5.41, 5.74) is -1.63. The van der Waals surface area contributed by atoms with E-state index in [1.165, 1.54) is 37.3 Å². The van der Waals surface area contributed by atoms with Gasteiger partial charge in [0.15, 0.2) is 5.82 Å². The number of nitrogens with zero attached hydrogens (tertiary/aromatic N) is 1. The van der Waals surface area contributed by atoms with Crippen LogP contribution >= 0.6 is 58.0 Å². The lowest BCUT2D eigenvalue weighted by molar-refractivity contribution is -0.128. The molecule has 0 aliphatic carbocycles. The molecular weight excluding hydrogens is 656 g/mol. The molecule has 15 heteroatoms. The summed E-state index contributed by atoms with van der Waals surface area (Å²) in [5, 5.41) is 5.06. The molecule has 3 aromatic rings. The maximum Gasteiger partial charge on any atom is 0.316 e. The largest absolute Gasteiger partial charge is 0.325 e. The van der Waals surface area contributed by atoms with Gasteiger partial charge in [-0.1, -0.05) is 34.8 Å². The highest BCUT2D eigenvalue weighted by Gasteiger charge is 2.38. The molecule has 1 atom stereocenters. The van der Waals surface area contributed by atoms with Crippen LogP contribution in [0.1, 0.15) is 28.8 Å². The van der Waals surface area contributed by atoms with Crippen molar-refractivity contribution < 1.29 is 31.9 Å². The molecule has 3 aromatic carbocycles. The van der Waals surface area contributed by atoms with Crippen molar-refractivity contribution in [2.24, 2.45) is 0 Å². The predicted molar refractivity (Wildman–Crippen MR) is 153 cm³/mol. The van der Waals surface area contributed by atoms with Crippen LogP contribution in [0.4, 0.5) is 34.6 Å². The second-order valence-electron chi connectivity index (χ2n) is 8.69. The molecule has 0 saturated carbocycles. The standard InChI is InChI=1S/C26H18Cl5F4N3O3/c1-26(30,31)19(11-7-12(27)9-13(28)8-11)24(40)36-14-3-4-16(29)15(10-14)23(39)37-18-6-5-17(32)21(20(18)33)38(2)25(41)22(34)35/h3-10,19,22H,1-2H3,(H,36,40)(H,37,39)/t19-/m0/s1. The second kappa shape index (κ2) is 13.0. The quantitative estimate of drug-likeness (QED) is 0.187. The van der Waals surface area contributed by atoms with Crippen molar-refractivity contribution >= 4 is 92.8 Å². The number of rotatable bonds is 8. The number of benzene rings is 3. The van der Waals surface area contributed by atoms with Crippen LogP contribution in [-0.4, -0.2) is 35.5 Å². The monoisotopic (exact) mass is 671 g/mol. The van der Waals surface area contributed by atoms with Crippen molar-refractivity contribution in [1.82, 2.24) is 0 Å². The Labute approximate surface area is 256 Å². The molecule has 0 aromatic heterocycles. The van der Waals surface area contributed by atoms with Gasteiger partial charge in [-0.05, 0) is 61.0 Å². The van der Waals surface area contributed by atoms with Crippen molar-refractivity contribution in [3.05, 3.63) is 86.4 Å². The van der Waals surface area contributed by atoms with E-state index in [2.05, 4.69) is 10.6 Å². The van der Waals surface area contributed by atoms with Gasteiger partial charge >= 0.3 is 6.43 Å². The average Bonchev–Trinajstić information content (AvgIpc) is 2.84. The van der Waals surface area contributed by atoms with Gasteiger partial charge in [-0.15, -0.1) is 23.2 Å². The average molecular weight is 674 g/mol. The summed E-state index contributed by atoms with van der Waals surface area (Å²) in [7, 11) is 0.752. The highest BCUT2D eigenvalue weighted by atomic mass is 35.5. The third-order valence-electron chi connectivity index (χ3n) is 5.63. The van der Waals surface area contributed by atoms with Crippen LogP contribution in [0, 0.1) is 11.6 Å². The fraction of sp³-hybridized carbons (Fsp3) is 0.192. The van der Waals surface area contributed by atoms with Crippen molar-refractivity contribution in [3.8, 4) is 0 Å². The fourth-order valence-corrected chi connectivity index (χ4v) is 5.00. The minimum atomic E-state index is -3.53. The minimum absolute atomic E-state index is 0.0581. The lowest BCUT2D eigenvalue weighted by atomic mass is 9.94. The molecule has 0 radical (unpaired) electrons. The van der Waals surface area contributed by atoms with Gasteiger partial charge in [0.2, 0.25) is 5.91 Å². The molecule has 3 amide bonds. The van der Waals surface area contributed by atoms with Gasteiger partial charge in [0.05, 0.1) is 22.2 Å². The topological polar surface area (TPSA) is 78.5 Å². The number of halogens is 9. The van der Waals surface area contributed by atoms with E-state index >= 15 is 4.39 Å². The Hall–Kier alpha value is -2.76. The first-order valence-electron chi connectivity index (χ1n) is 11.3. The molecule has 0 fully saturated rings. The summed E-state index contributed by atoms with van der Waals surface area (Å²) in [6.45, 7) is 1.38. The molecule has 218 valence electrons. The summed E-state index contributed by atoms with van der Waals surface area (Å²) >= 11 is 30.9. The van der Waals surface area contributed by atoms with Crippen molar-refractivity contribution in [3.63, 3.8) is 0 Å². The summed E-state index contributed by atoms with van der Waals surface area (Å²) in [4.78, 5) is 37.9. The summed E-state index contributed by atoms with van der Waals surface area (Å²) in [6.07, 6.45) is -3.53. The van der Waals surface area contributed by atoms with E-state index < -0.39 is 57.4 Å². The zero-order valence-corrected chi connectivity index (χ0v) is 24.6. The zero-order chi connectivity index (χ0) is 30.8. The maximum atomic E-state index is 15.0. The van der Waals surface area contributed by atoms with E-state index in [0.29, 0.717) is 11.6 Å². The zero-order valence-electron chi connectivity index (χ0n) is 20.8. The Balaban J connectivity index is 1.90. The first kappa shape index (κ1) is 32.8. The van der Waals surface area contributed by atoms with Crippen LogP contribution in [0.15, 0.2) is 48.5 Å². The van der Waals surface area contributed by atoms with Gasteiger partial charge in [0.1, 0.15) is 15.8 Å². The van der Waals surface area contributed by atoms with Crippen LogP contribution in [0.2, 0.25) is 15.1 Å². The van der Waals surface area contributed by atoms with E-state index in [1.54, 1.807) is 0 Å². The van der Waals surface area contributed by atoms with Crippen molar-refractivity contribution in [2.75, 3.05) is 22.6 Å². The van der Waals surface area contributed by atoms with Gasteiger partial charge in [0, 0.05) is 22.8 Å². The van der Waals surface area contributed by atoms with Crippen LogP contribution in [0.25, 0.3) is 0 Å². The molecular formula is C26H18Cl5F4N3O3. The van der Waals surface area contributed by atoms with E-state index in [0.717, 1.165) is 19.2 Å². The molecule has 2 N–H and O–H groups in total. The number of nitrogens with one attached hydrogen (secondary N) is 2. The molecule has 0 heterocycles. The van der Waals surface area contributed by atoms with Crippen molar-refractivity contribution in [2.45, 2.75) is 23.6 Å². The summed E-state index contributed by atoms with van der Waals surface area (Å²) in [6, 6.07) is 9.66. The Bertz CT molecular complexity index is 1500. The van der Waals surface area contributed by atoms with Gasteiger partial charge < -0.3 is 15.5 Å². The number of anilines is 3. The van der Waals surface area contributed by atoms with E-state index in [9.17, 15) is 27.6 Å². The molecule has 3 rings (SSSR count).